The largest absolute Gasteiger partial charge is 0.496 e. The van der Waals surface area contributed by atoms with Gasteiger partial charge >= 0.3 is 0 Å². The van der Waals surface area contributed by atoms with Crippen molar-refractivity contribution >= 4 is 28.2 Å². The smallest absolute Gasteiger partial charge is 0.159 e. The van der Waals surface area contributed by atoms with Gasteiger partial charge in [0.15, 0.2) is 5.78 Å². The molecule has 2 atom stereocenters. The number of allylic oxidation sites excluding steroid dienone is 1. The summed E-state index contributed by atoms with van der Waals surface area (Å²) >= 11 is 0. The average molecular weight is 461 g/mol. The lowest BCUT2D eigenvalue weighted by atomic mass is 10.0. The second kappa shape index (κ2) is 9.50. The lowest BCUT2D eigenvalue weighted by molar-refractivity contribution is -0.114. The second-order valence-corrected chi connectivity index (χ2v) is 9.15. The lowest BCUT2D eigenvalue weighted by Crippen LogP contribution is -2.05. The number of anilines is 2. The van der Waals surface area contributed by atoms with Crippen molar-refractivity contribution in [1.82, 2.24) is 14.9 Å². The third kappa shape index (κ3) is 4.66. The summed E-state index contributed by atoms with van der Waals surface area (Å²) in [7, 11) is 1.59. The quantitative estimate of drug-likeness (QED) is 0.372. The predicted octanol–water partition coefficient (Wildman–Crippen LogP) is 5.12. The molecule has 2 aromatic carbocycles. The van der Waals surface area contributed by atoms with Crippen molar-refractivity contribution in [2.75, 3.05) is 19.0 Å². The SMILES string of the molecule is COc1cc2ncnc(Nc3ccc(F)c(C)c3)c2cc1CC(=O)/C=C/CN1C2CCCCC21. The van der Waals surface area contributed by atoms with Gasteiger partial charge in [0.1, 0.15) is 23.7 Å². The molecule has 0 bridgehead atoms. The van der Waals surface area contributed by atoms with Gasteiger partial charge in [-0.15, -0.1) is 0 Å². The summed E-state index contributed by atoms with van der Waals surface area (Å²) in [6.45, 7) is 2.56. The number of halogens is 1. The molecular weight excluding hydrogens is 431 g/mol. The number of rotatable bonds is 8. The number of hydrogen-bond acceptors (Lipinski definition) is 6. The molecule has 1 saturated heterocycles. The van der Waals surface area contributed by atoms with Crippen molar-refractivity contribution < 1.29 is 13.9 Å². The van der Waals surface area contributed by atoms with Crippen LogP contribution in [-0.4, -0.2) is 46.4 Å². The Morgan fingerprint density at radius 2 is 2.00 bits per heavy atom. The molecule has 2 heterocycles. The normalized spacial score (nSPS) is 21.4. The van der Waals surface area contributed by atoms with Crippen LogP contribution in [0, 0.1) is 12.7 Å². The fourth-order valence-electron chi connectivity index (χ4n) is 5.05. The zero-order valence-corrected chi connectivity index (χ0v) is 19.6. The van der Waals surface area contributed by atoms with E-state index in [9.17, 15) is 9.18 Å². The molecule has 1 aliphatic heterocycles. The van der Waals surface area contributed by atoms with Crippen LogP contribution in [0.2, 0.25) is 0 Å². The maximum Gasteiger partial charge on any atom is 0.159 e. The van der Waals surface area contributed by atoms with Crippen LogP contribution >= 0.6 is 0 Å². The Labute approximate surface area is 198 Å². The van der Waals surface area contributed by atoms with Crippen LogP contribution in [-0.2, 0) is 11.2 Å². The van der Waals surface area contributed by atoms with E-state index in [-0.39, 0.29) is 18.0 Å². The van der Waals surface area contributed by atoms with Crippen molar-refractivity contribution in [3.8, 4) is 5.75 Å². The number of hydrogen-bond donors (Lipinski definition) is 1. The van der Waals surface area contributed by atoms with E-state index >= 15 is 0 Å². The Hall–Kier alpha value is -3.32. The molecule has 1 N–H and O–H groups in total. The summed E-state index contributed by atoms with van der Waals surface area (Å²) in [6.07, 6.45) is 10.6. The average Bonchev–Trinajstić information content (AvgIpc) is 3.54. The summed E-state index contributed by atoms with van der Waals surface area (Å²) in [5.74, 6) is 0.984. The van der Waals surface area contributed by atoms with Crippen molar-refractivity contribution in [2.45, 2.75) is 51.1 Å². The molecule has 2 unspecified atom stereocenters. The lowest BCUT2D eigenvalue weighted by Gasteiger charge is -2.13. The number of nitrogens with one attached hydrogen (secondary N) is 1. The van der Waals surface area contributed by atoms with Crippen LogP contribution in [0.3, 0.4) is 0 Å². The number of aryl methyl sites for hydroxylation is 1. The van der Waals surface area contributed by atoms with Crippen molar-refractivity contribution in [3.63, 3.8) is 0 Å². The van der Waals surface area contributed by atoms with Crippen molar-refractivity contribution in [1.29, 1.82) is 0 Å². The molecule has 2 fully saturated rings. The molecule has 3 aromatic rings. The Morgan fingerprint density at radius 3 is 2.74 bits per heavy atom. The molecule has 1 aromatic heterocycles. The summed E-state index contributed by atoms with van der Waals surface area (Å²) in [5.41, 5.74) is 2.75. The van der Waals surface area contributed by atoms with E-state index in [1.165, 1.54) is 38.1 Å². The van der Waals surface area contributed by atoms with Crippen LogP contribution in [0.5, 0.6) is 5.75 Å². The molecule has 6 nitrogen and oxygen atoms in total. The number of ether oxygens (including phenoxy) is 1. The molecule has 0 amide bonds. The highest BCUT2D eigenvalue weighted by atomic mass is 19.1. The third-order valence-electron chi connectivity index (χ3n) is 6.90. The summed E-state index contributed by atoms with van der Waals surface area (Å²) in [5, 5.41) is 4.02. The molecule has 34 heavy (non-hydrogen) atoms. The molecule has 0 radical (unpaired) electrons. The Balaban J connectivity index is 1.33. The zero-order valence-electron chi connectivity index (χ0n) is 19.6. The highest BCUT2D eigenvalue weighted by molar-refractivity contribution is 5.96. The van der Waals surface area contributed by atoms with Crippen molar-refractivity contribution in [3.05, 3.63) is 65.8 Å². The van der Waals surface area contributed by atoms with Gasteiger partial charge in [-0.25, -0.2) is 14.4 Å². The number of methoxy groups -OCH3 is 1. The molecule has 1 saturated carbocycles. The number of benzene rings is 2. The predicted molar refractivity (Wildman–Crippen MR) is 131 cm³/mol. The van der Waals surface area contributed by atoms with Gasteiger partial charge in [-0.3, -0.25) is 9.69 Å². The minimum atomic E-state index is -0.256. The number of likely N-dealkylation sites (tertiary alicyclic amines) is 1. The molecule has 2 aliphatic rings. The molecule has 7 heteroatoms. The standard InChI is InChI=1S/C27H29FN4O2/c1-17-12-19(9-10-22(17)28)31-27-21-14-18(26(34-2)15-23(21)29-16-30-27)13-20(33)6-5-11-32-24-7-3-4-8-25(24)32/h5-6,9-10,12,14-16,24-25H,3-4,7-8,11,13H2,1-2H3,(H,29,30,31)/b6-5+. The van der Waals surface area contributed by atoms with Gasteiger partial charge in [-0.2, -0.15) is 0 Å². The van der Waals surface area contributed by atoms with Gasteiger partial charge in [0.2, 0.25) is 0 Å². The van der Waals surface area contributed by atoms with Crippen LogP contribution in [0.15, 0.2) is 48.8 Å². The van der Waals surface area contributed by atoms with Gasteiger partial charge < -0.3 is 10.1 Å². The number of carbonyl (C=O) groups excluding carboxylic acids is 1. The van der Waals surface area contributed by atoms with Gasteiger partial charge in [0, 0.05) is 47.8 Å². The van der Waals surface area contributed by atoms with E-state index in [2.05, 4.69) is 20.2 Å². The Bertz CT molecular complexity index is 1250. The van der Waals surface area contributed by atoms with Gasteiger partial charge in [0.05, 0.1) is 12.6 Å². The first-order valence-electron chi connectivity index (χ1n) is 11.8. The first kappa shape index (κ1) is 22.5. The molecule has 5 rings (SSSR count). The minimum Gasteiger partial charge on any atom is -0.496 e. The molecule has 0 spiro atoms. The van der Waals surface area contributed by atoms with Crippen LogP contribution < -0.4 is 10.1 Å². The van der Waals surface area contributed by atoms with Crippen LogP contribution in [0.25, 0.3) is 10.9 Å². The Kier molecular flexibility index (Phi) is 6.28. The zero-order chi connectivity index (χ0) is 23.7. The summed E-state index contributed by atoms with van der Waals surface area (Å²) in [4.78, 5) is 24.0. The van der Waals surface area contributed by atoms with Gasteiger partial charge in [-0.1, -0.05) is 18.9 Å². The van der Waals surface area contributed by atoms with Gasteiger partial charge in [-0.05, 0) is 55.7 Å². The molecule has 1 aliphatic carbocycles. The van der Waals surface area contributed by atoms with Crippen LogP contribution in [0.4, 0.5) is 15.9 Å². The third-order valence-corrected chi connectivity index (χ3v) is 6.90. The van der Waals surface area contributed by atoms with Crippen molar-refractivity contribution in [2.24, 2.45) is 0 Å². The van der Waals surface area contributed by atoms with E-state index in [0.717, 1.165) is 35.3 Å². The second-order valence-electron chi connectivity index (χ2n) is 9.15. The number of carbonyl (C=O) groups is 1. The maximum atomic E-state index is 13.7. The van der Waals surface area contributed by atoms with E-state index in [1.807, 2.05) is 18.2 Å². The number of aromatic nitrogens is 2. The highest BCUT2D eigenvalue weighted by Crippen LogP contribution is 2.40. The molecular formula is C27H29FN4O2. The monoisotopic (exact) mass is 460 g/mol. The van der Waals surface area contributed by atoms with E-state index in [0.29, 0.717) is 22.6 Å². The van der Waals surface area contributed by atoms with Crippen LogP contribution in [0.1, 0.15) is 36.8 Å². The fraction of sp³-hybridized carbons (Fsp3) is 0.370. The first-order chi connectivity index (χ1) is 16.5. The van der Waals surface area contributed by atoms with E-state index < -0.39 is 0 Å². The summed E-state index contributed by atoms with van der Waals surface area (Å²) in [6, 6.07) is 10.0. The highest BCUT2D eigenvalue weighted by Gasteiger charge is 2.46. The van der Waals surface area contributed by atoms with E-state index in [1.54, 1.807) is 32.2 Å². The number of nitrogens with zero attached hydrogens (tertiary/aromatic N) is 3. The number of ketones is 1. The number of fused-ring (bicyclic) bond motifs is 2. The van der Waals surface area contributed by atoms with Gasteiger partial charge in [0.25, 0.3) is 0 Å². The fourth-order valence-corrected chi connectivity index (χ4v) is 5.05. The first-order valence-corrected chi connectivity index (χ1v) is 11.8. The maximum absolute atomic E-state index is 13.7. The topological polar surface area (TPSA) is 67.1 Å². The Morgan fingerprint density at radius 1 is 1.21 bits per heavy atom. The minimum absolute atomic E-state index is 0.0305. The van der Waals surface area contributed by atoms with E-state index in [4.69, 9.17) is 4.74 Å². The summed E-state index contributed by atoms with van der Waals surface area (Å²) < 4.78 is 19.2. The molecule has 176 valence electrons.